The van der Waals surface area contributed by atoms with Crippen LogP contribution in [0.1, 0.15) is 0 Å². The summed E-state index contributed by atoms with van der Waals surface area (Å²) in [7, 11) is 1.68. The summed E-state index contributed by atoms with van der Waals surface area (Å²) in [6, 6.07) is 6.01. The first-order valence-corrected chi connectivity index (χ1v) is 5.18. The van der Waals surface area contributed by atoms with Crippen LogP contribution in [0.15, 0.2) is 27.6 Å². The van der Waals surface area contributed by atoms with Gasteiger partial charge < -0.3 is 4.74 Å². The number of hydrogen-bond acceptors (Lipinski definition) is 2. The summed E-state index contributed by atoms with van der Waals surface area (Å²) in [4.78, 5) is 1.15. The minimum absolute atomic E-state index is 0.917. The fourth-order valence-corrected chi connectivity index (χ4v) is 2.10. The predicted molar refractivity (Wildman–Crippen MR) is 52.5 cm³/mol. The van der Waals surface area contributed by atoms with Gasteiger partial charge in [-0.2, -0.15) is 0 Å². The molecular weight excluding hydrogens is 224 g/mol. The fraction of sp³-hybridized carbons (Fsp3) is 0.250. The molecule has 0 radical (unpaired) electrons. The largest absolute Gasteiger partial charge is 0.494 e. The van der Waals surface area contributed by atoms with Gasteiger partial charge in [0.05, 0.1) is 16.5 Å². The Morgan fingerprint density at radius 3 is 2.64 bits per heavy atom. The van der Waals surface area contributed by atoms with Gasteiger partial charge in [0, 0.05) is 0 Å². The molecule has 1 aromatic carbocycles. The van der Waals surface area contributed by atoms with Crippen molar-refractivity contribution < 1.29 is 4.74 Å². The summed E-state index contributed by atoms with van der Waals surface area (Å²) >= 11 is 5.09. The molecule has 0 aliphatic carbocycles. The normalized spacial score (nSPS) is 9.73. The highest BCUT2D eigenvalue weighted by Crippen LogP contribution is 2.34. The van der Waals surface area contributed by atoms with Crippen molar-refractivity contribution in [1.29, 1.82) is 0 Å². The monoisotopic (exact) mass is 232 g/mol. The van der Waals surface area contributed by atoms with E-state index in [1.165, 1.54) is 0 Å². The van der Waals surface area contributed by atoms with Gasteiger partial charge in [0.1, 0.15) is 5.75 Å². The Kier molecular flexibility index (Phi) is 3.27. The fourth-order valence-electron chi connectivity index (χ4n) is 0.848. The number of ether oxygens (including phenoxy) is 1. The van der Waals surface area contributed by atoms with Gasteiger partial charge in [0.2, 0.25) is 0 Å². The Bertz CT molecular complexity index is 250. The smallest absolute Gasteiger partial charge is 0.146 e. The van der Waals surface area contributed by atoms with Crippen molar-refractivity contribution in [3.05, 3.63) is 22.7 Å². The maximum Gasteiger partial charge on any atom is 0.146 e. The number of hydrogen-bond donors (Lipinski definition) is 0. The molecule has 0 aliphatic rings. The molecule has 0 fully saturated rings. The van der Waals surface area contributed by atoms with Gasteiger partial charge in [-0.1, -0.05) is 6.07 Å². The lowest BCUT2D eigenvalue weighted by Crippen LogP contribution is -1.86. The molecule has 0 bridgehead atoms. The third kappa shape index (κ3) is 1.91. The minimum atomic E-state index is 0.917. The number of rotatable bonds is 2. The highest BCUT2D eigenvalue weighted by atomic mass is 79.9. The quantitative estimate of drug-likeness (QED) is 0.725. The first-order valence-electron chi connectivity index (χ1n) is 3.16. The number of methoxy groups -OCH3 is 1. The van der Waals surface area contributed by atoms with E-state index in [9.17, 15) is 0 Å². The van der Waals surface area contributed by atoms with E-state index in [2.05, 4.69) is 15.9 Å². The van der Waals surface area contributed by atoms with Crippen molar-refractivity contribution >= 4 is 27.7 Å². The summed E-state index contributed by atoms with van der Waals surface area (Å²) in [5.41, 5.74) is 0. The van der Waals surface area contributed by atoms with Crippen LogP contribution in [0.2, 0.25) is 0 Å². The molecule has 0 spiro atoms. The standard InChI is InChI=1S/C8H9BrOS/c1-10-8-6(9)4-3-5-7(8)11-2/h3-5H,1-2H3. The first-order chi connectivity index (χ1) is 5.29. The van der Waals surface area contributed by atoms with E-state index >= 15 is 0 Å². The molecule has 0 atom stereocenters. The van der Waals surface area contributed by atoms with E-state index in [0.717, 1.165) is 15.1 Å². The SMILES string of the molecule is COc1c(Br)cccc1SC. The molecule has 0 N–H and O–H groups in total. The zero-order valence-electron chi connectivity index (χ0n) is 6.43. The molecule has 60 valence electrons. The van der Waals surface area contributed by atoms with Crippen LogP contribution in [-0.4, -0.2) is 13.4 Å². The number of thioether (sulfide) groups is 1. The van der Waals surface area contributed by atoms with Gasteiger partial charge >= 0.3 is 0 Å². The van der Waals surface area contributed by atoms with Crippen LogP contribution in [0, 0.1) is 0 Å². The minimum Gasteiger partial charge on any atom is -0.494 e. The molecule has 0 aromatic heterocycles. The summed E-state index contributed by atoms with van der Waals surface area (Å²) in [5, 5.41) is 0. The zero-order chi connectivity index (χ0) is 8.27. The Morgan fingerprint density at radius 1 is 1.45 bits per heavy atom. The van der Waals surface area contributed by atoms with Gasteiger partial charge in [0.25, 0.3) is 0 Å². The lowest BCUT2D eigenvalue weighted by atomic mass is 10.3. The maximum absolute atomic E-state index is 5.20. The van der Waals surface area contributed by atoms with Crippen molar-refractivity contribution in [3.63, 3.8) is 0 Å². The van der Waals surface area contributed by atoms with Crippen LogP contribution < -0.4 is 4.74 Å². The molecule has 1 aromatic rings. The third-order valence-corrected chi connectivity index (χ3v) is 2.74. The van der Waals surface area contributed by atoms with Crippen molar-refractivity contribution in [3.8, 4) is 5.75 Å². The molecule has 0 saturated heterocycles. The molecule has 0 amide bonds. The average molecular weight is 233 g/mol. The van der Waals surface area contributed by atoms with Crippen LogP contribution in [-0.2, 0) is 0 Å². The highest BCUT2D eigenvalue weighted by molar-refractivity contribution is 9.10. The van der Waals surface area contributed by atoms with Crippen molar-refractivity contribution in [2.24, 2.45) is 0 Å². The summed E-state index contributed by atoms with van der Waals surface area (Å²) < 4.78 is 6.21. The van der Waals surface area contributed by atoms with E-state index in [4.69, 9.17) is 4.74 Å². The lowest BCUT2D eigenvalue weighted by Gasteiger charge is -2.06. The van der Waals surface area contributed by atoms with Crippen molar-refractivity contribution in [2.45, 2.75) is 4.90 Å². The van der Waals surface area contributed by atoms with Crippen LogP contribution in [0.25, 0.3) is 0 Å². The Labute approximate surface area is 79.3 Å². The second-order valence-corrected chi connectivity index (χ2v) is 3.68. The molecular formula is C8H9BrOS. The van der Waals surface area contributed by atoms with E-state index in [-0.39, 0.29) is 0 Å². The van der Waals surface area contributed by atoms with Crippen LogP contribution >= 0.6 is 27.7 Å². The molecule has 3 heteroatoms. The summed E-state index contributed by atoms with van der Waals surface area (Å²) in [5.74, 6) is 0.917. The van der Waals surface area contributed by atoms with E-state index in [0.29, 0.717) is 0 Å². The Morgan fingerprint density at radius 2 is 2.18 bits per heavy atom. The van der Waals surface area contributed by atoms with Crippen LogP contribution in [0.4, 0.5) is 0 Å². The van der Waals surface area contributed by atoms with E-state index in [1.54, 1.807) is 18.9 Å². The second kappa shape index (κ2) is 4.02. The van der Waals surface area contributed by atoms with E-state index in [1.807, 2.05) is 24.5 Å². The van der Waals surface area contributed by atoms with Gasteiger partial charge in [-0.15, -0.1) is 11.8 Å². The van der Waals surface area contributed by atoms with Gasteiger partial charge in [-0.25, -0.2) is 0 Å². The Balaban J connectivity index is 3.13. The lowest BCUT2D eigenvalue weighted by molar-refractivity contribution is 0.402. The average Bonchev–Trinajstić information content (AvgIpc) is 2.04. The molecule has 11 heavy (non-hydrogen) atoms. The molecule has 0 unspecified atom stereocenters. The second-order valence-electron chi connectivity index (χ2n) is 1.98. The summed E-state index contributed by atoms with van der Waals surface area (Å²) in [6.07, 6.45) is 2.03. The van der Waals surface area contributed by atoms with Crippen molar-refractivity contribution in [2.75, 3.05) is 13.4 Å². The Hall–Kier alpha value is -0.150. The van der Waals surface area contributed by atoms with Gasteiger partial charge in [-0.3, -0.25) is 0 Å². The van der Waals surface area contributed by atoms with Crippen LogP contribution in [0.3, 0.4) is 0 Å². The van der Waals surface area contributed by atoms with Crippen molar-refractivity contribution in [1.82, 2.24) is 0 Å². The number of benzene rings is 1. The summed E-state index contributed by atoms with van der Waals surface area (Å²) in [6.45, 7) is 0. The predicted octanol–water partition coefficient (Wildman–Crippen LogP) is 3.18. The molecule has 0 heterocycles. The number of para-hydroxylation sites is 1. The molecule has 1 rings (SSSR count). The maximum atomic E-state index is 5.20. The van der Waals surface area contributed by atoms with Gasteiger partial charge in [0.15, 0.2) is 0 Å². The third-order valence-electron chi connectivity index (χ3n) is 1.35. The first kappa shape index (κ1) is 8.94. The number of halogens is 1. The molecule has 0 aliphatic heterocycles. The molecule has 1 nitrogen and oxygen atoms in total. The topological polar surface area (TPSA) is 9.23 Å². The zero-order valence-corrected chi connectivity index (χ0v) is 8.83. The van der Waals surface area contributed by atoms with Crippen LogP contribution in [0.5, 0.6) is 5.75 Å². The van der Waals surface area contributed by atoms with E-state index < -0.39 is 0 Å². The van der Waals surface area contributed by atoms with Gasteiger partial charge in [-0.05, 0) is 34.3 Å². The molecule has 0 saturated carbocycles. The highest BCUT2D eigenvalue weighted by Gasteiger charge is 2.03.